The monoisotopic (exact) mass is 782 g/mol. The van der Waals surface area contributed by atoms with E-state index in [1.54, 1.807) is 51.4 Å². The second-order valence-corrected chi connectivity index (χ2v) is 47.7. The van der Waals surface area contributed by atoms with Crippen LogP contribution in [0.3, 0.4) is 0 Å². The van der Waals surface area contributed by atoms with Crippen molar-refractivity contribution in [3.63, 3.8) is 0 Å². The van der Waals surface area contributed by atoms with Gasteiger partial charge in [0.1, 0.15) is 0 Å². The quantitative estimate of drug-likeness (QED) is 0.115. The molecule has 5 aliphatic rings. The Balaban J connectivity index is 0.000000792. The first-order valence-corrected chi connectivity index (χ1v) is 32.2. The predicted molar refractivity (Wildman–Crippen MR) is 176 cm³/mol. The average Bonchev–Trinajstić information content (AvgIpc) is 2.96. The average molecular weight is 784 g/mol. The van der Waals surface area contributed by atoms with Gasteiger partial charge in [-0.1, -0.05) is 78.6 Å². The molecule has 1 nitrogen and oxygen atoms in total. The van der Waals surface area contributed by atoms with E-state index < -0.39 is 48.0 Å². The number of halogens is 6. The van der Waals surface area contributed by atoms with Gasteiger partial charge >= 0.3 is 55.4 Å². The maximum atomic E-state index is 9.87. The molecule has 1 aliphatic heterocycles. The maximum absolute atomic E-state index is 10.7. The molecule has 0 aromatic carbocycles. The van der Waals surface area contributed by atoms with Crippen molar-refractivity contribution in [2.24, 2.45) is 17.8 Å². The first-order chi connectivity index (χ1) is 16.3. The first-order valence-electron chi connectivity index (χ1n) is 14.7. The van der Waals surface area contributed by atoms with Gasteiger partial charge in [-0.2, -0.15) is 0 Å². The van der Waals surface area contributed by atoms with E-state index in [0.717, 1.165) is 31.7 Å². The van der Waals surface area contributed by atoms with Gasteiger partial charge in [0.15, 0.2) is 0 Å². The third-order valence-corrected chi connectivity index (χ3v) is 47.5. The minimum atomic E-state index is -10.7. The molecular formula is C26H59AgF6OP2Si4+2. The molecule has 5 fully saturated rings. The minimum Gasteiger partial charge on any atom is -0.457 e. The van der Waals surface area contributed by atoms with Crippen LogP contribution in [0.15, 0.2) is 0 Å². The van der Waals surface area contributed by atoms with Crippen molar-refractivity contribution in [1.29, 1.82) is 0 Å². The summed E-state index contributed by atoms with van der Waals surface area (Å²) in [4.78, 5) is 0. The molecule has 0 radical (unpaired) electrons. The van der Waals surface area contributed by atoms with Crippen LogP contribution >= 0.6 is 15.7 Å². The summed E-state index contributed by atoms with van der Waals surface area (Å²) in [7, 11) is -16.4. The smallest absolute Gasteiger partial charge is 0.457 e. The van der Waals surface area contributed by atoms with Gasteiger partial charge in [-0.05, 0) is 69.1 Å². The molecule has 0 unspecified atom stereocenters. The van der Waals surface area contributed by atoms with Crippen molar-refractivity contribution in [1.82, 2.24) is 0 Å². The molecule has 1 heterocycles. The van der Waals surface area contributed by atoms with Crippen LogP contribution in [0, 0.1) is 17.8 Å². The summed E-state index contributed by atoms with van der Waals surface area (Å²) in [5.74, 6) is 3.35. The van der Waals surface area contributed by atoms with E-state index in [4.69, 9.17) is 0 Å². The van der Waals surface area contributed by atoms with E-state index in [-0.39, 0.29) is 27.9 Å². The van der Waals surface area contributed by atoms with Crippen molar-refractivity contribution in [2.75, 3.05) is 0 Å². The number of hydrogen-bond donors (Lipinski definition) is 0. The van der Waals surface area contributed by atoms with E-state index in [0.29, 0.717) is 0 Å². The Kier molecular flexibility index (Phi) is 10.5. The maximum Gasteiger partial charge on any atom is 1.00 e. The van der Waals surface area contributed by atoms with Crippen molar-refractivity contribution in [2.45, 2.75) is 144 Å². The molecule has 0 spiro atoms. The molecular weight excluding hydrogens is 724 g/mol. The Morgan fingerprint density at radius 3 is 0.900 bits per heavy atom. The van der Waals surface area contributed by atoms with Gasteiger partial charge in [0, 0.05) is 7.92 Å². The van der Waals surface area contributed by atoms with Crippen LogP contribution in [0.5, 0.6) is 0 Å². The van der Waals surface area contributed by atoms with Crippen LogP contribution < -0.4 is 0 Å². The molecule has 0 amide bonds. The molecule has 0 atom stereocenters. The zero-order valence-electron chi connectivity index (χ0n) is 27.0. The van der Waals surface area contributed by atoms with Gasteiger partial charge in [-0.3, -0.25) is 0 Å². The zero-order valence-corrected chi connectivity index (χ0v) is 34.4. The Hall–Kier alpha value is 2.01. The van der Waals surface area contributed by atoms with Crippen molar-refractivity contribution >= 4 is 48.0 Å². The fraction of sp³-hybridized carbons (Fsp3) is 1.00. The summed E-state index contributed by atoms with van der Waals surface area (Å²) in [6, 6.07) is 0. The normalized spacial score (nSPS) is 33.6. The zero-order chi connectivity index (χ0) is 29.9. The van der Waals surface area contributed by atoms with Crippen LogP contribution in [0.4, 0.5) is 25.2 Å². The summed E-state index contributed by atoms with van der Waals surface area (Å²) in [5.41, 5.74) is 0. The van der Waals surface area contributed by atoms with Crippen LogP contribution in [-0.2, 0) is 27.9 Å². The second-order valence-electron chi connectivity index (χ2n) is 17.8. The molecule has 1 saturated heterocycles. The molecule has 40 heavy (non-hydrogen) atoms. The number of hydrogen-bond acceptors (Lipinski definition) is 0. The molecule has 4 saturated carbocycles. The Bertz CT molecular complexity index is 822. The van der Waals surface area contributed by atoms with Crippen molar-refractivity contribution < 1.29 is 53.0 Å². The van der Waals surface area contributed by atoms with Crippen molar-refractivity contribution in [3.8, 4) is 0 Å². The summed E-state index contributed by atoms with van der Waals surface area (Å²) < 4.78 is 60.9. The SMILES string of the molecule is C[Si](C)(C)C1([Si](C)(C)C)CCC([Si](C)(C)C)([Si](C)(C)C)[PH+]1C12CC3CC(CC(C3)C1)C2.F[P-](F)(F)(F)(F)F.[Ag+].[OH3+]. The second kappa shape index (κ2) is 10.5. The summed E-state index contributed by atoms with van der Waals surface area (Å²) in [6.07, 6.45) is 13.2. The molecule has 0 aromatic heterocycles. The molecule has 4 bridgehead atoms. The fourth-order valence-electron chi connectivity index (χ4n) is 11.6. The van der Waals surface area contributed by atoms with E-state index in [2.05, 4.69) is 78.6 Å². The Morgan fingerprint density at radius 1 is 0.525 bits per heavy atom. The van der Waals surface area contributed by atoms with Gasteiger partial charge < -0.3 is 5.48 Å². The van der Waals surface area contributed by atoms with E-state index in [1.807, 2.05) is 0 Å². The van der Waals surface area contributed by atoms with E-state index in [9.17, 15) is 25.2 Å². The molecule has 0 aromatic rings. The predicted octanol–water partition coefficient (Wildman–Crippen LogP) is 11.4. The van der Waals surface area contributed by atoms with Gasteiger partial charge in [-0.15, -0.1) is 0 Å². The van der Waals surface area contributed by atoms with Crippen LogP contribution in [0.25, 0.3) is 0 Å². The molecule has 14 heteroatoms. The van der Waals surface area contributed by atoms with Crippen molar-refractivity contribution in [3.05, 3.63) is 0 Å². The third kappa shape index (κ3) is 7.51. The Morgan fingerprint density at radius 2 is 0.725 bits per heavy atom. The van der Waals surface area contributed by atoms with Gasteiger partial charge in [0.2, 0.25) is 0 Å². The summed E-state index contributed by atoms with van der Waals surface area (Å²) in [5, 5.41) is 0.817. The van der Waals surface area contributed by atoms with Gasteiger partial charge in [0.25, 0.3) is 0 Å². The molecule has 4 aliphatic carbocycles. The third-order valence-electron chi connectivity index (χ3n) is 11.4. The summed E-state index contributed by atoms with van der Waals surface area (Å²) >= 11 is 0. The topological polar surface area (TPSA) is 33.0 Å². The van der Waals surface area contributed by atoms with Crippen LogP contribution in [-0.4, -0.2) is 46.3 Å². The standard InChI is InChI=1S/C26H55PSi4.Ag.F6P.H2O/c1-28(2,3)25(29(4,5)6)13-14-26(30(7,8)9,31(10,11)12)27(25)24-18-21-15-22(19-24)17-23(16-21)20-24;;1-7(2,3,4,5)6;/h21-23H,13-20H2,1-12H3;;;1H2/q;+1;-1;/p+2. The van der Waals surface area contributed by atoms with E-state index in [1.165, 1.54) is 0 Å². The number of rotatable bonds is 5. The molecule has 246 valence electrons. The molecule has 3 N–H and O–H groups in total. The summed E-state index contributed by atoms with van der Waals surface area (Å²) in [6.45, 7) is 34.2. The van der Waals surface area contributed by atoms with E-state index >= 15 is 0 Å². The minimum absolute atomic E-state index is 0. The van der Waals surface area contributed by atoms with Crippen LogP contribution in [0.1, 0.15) is 51.4 Å². The largest absolute Gasteiger partial charge is 1.00 e. The van der Waals surface area contributed by atoms with Gasteiger partial charge in [-0.25, -0.2) is 0 Å². The van der Waals surface area contributed by atoms with Crippen LogP contribution in [0.2, 0.25) is 78.6 Å². The fourth-order valence-corrected chi connectivity index (χ4v) is 57.1. The molecule has 5 rings (SSSR count). The first kappa shape index (κ1) is 40.0. The Labute approximate surface area is 261 Å². The van der Waals surface area contributed by atoms with Gasteiger partial charge in [0.05, 0.1) is 46.3 Å².